The van der Waals surface area contributed by atoms with Crippen molar-refractivity contribution in [1.29, 1.82) is 0 Å². The summed E-state index contributed by atoms with van der Waals surface area (Å²) in [5, 5.41) is 13.1. The molecule has 2 atom stereocenters. The van der Waals surface area contributed by atoms with Gasteiger partial charge in [-0.1, -0.05) is 6.92 Å². The van der Waals surface area contributed by atoms with Crippen molar-refractivity contribution < 1.29 is 9.90 Å². The highest BCUT2D eigenvalue weighted by Gasteiger charge is 2.29. The molecule has 0 aliphatic carbocycles. The van der Waals surface area contributed by atoms with Crippen LogP contribution in [0.3, 0.4) is 0 Å². The second kappa shape index (κ2) is 12.4. The fourth-order valence-electron chi connectivity index (χ4n) is 4.45. The molecule has 1 heterocycles. The minimum absolute atomic E-state index is 0.0479. The van der Waals surface area contributed by atoms with E-state index in [0.29, 0.717) is 30.2 Å². The van der Waals surface area contributed by atoms with E-state index in [1.807, 2.05) is 31.7 Å². The van der Waals surface area contributed by atoms with Crippen molar-refractivity contribution in [2.75, 3.05) is 18.8 Å². The standard InChI is InChI=1S/C28H38N6O2/c1-5-21(16-29)27(33-20(4)32-23-7-9-25(35)10-8-23)17-31-24-12-13-34(19(3)15-24)28(36)22-6-11-26(30)18(2)14-22/h6-11,14,16,19,24,31,35H,5,12-13,15,17,29-30H2,1-4H3/t19-,24-/m1/s1. The van der Waals surface area contributed by atoms with E-state index in [1.165, 1.54) is 0 Å². The van der Waals surface area contributed by atoms with E-state index in [0.717, 1.165) is 41.8 Å². The molecule has 3 rings (SSSR count). The molecule has 2 aromatic rings. The van der Waals surface area contributed by atoms with Crippen LogP contribution in [0.25, 0.3) is 0 Å². The van der Waals surface area contributed by atoms with Crippen molar-refractivity contribution in [1.82, 2.24) is 10.2 Å². The van der Waals surface area contributed by atoms with Crippen LogP contribution in [0.4, 0.5) is 11.4 Å². The van der Waals surface area contributed by atoms with Crippen LogP contribution in [-0.2, 0) is 0 Å². The molecule has 36 heavy (non-hydrogen) atoms. The van der Waals surface area contributed by atoms with Crippen LogP contribution >= 0.6 is 0 Å². The van der Waals surface area contributed by atoms with Crippen LogP contribution in [0.15, 0.2) is 64.2 Å². The van der Waals surface area contributed by atoms with Gasteiger partial charge in [0.1, 0.15) is 11.6 Å². The molecule has 0 unspecified atom stereocenters. The average Bonchev–Trinajstić information content (AvgIpc) is 2.86. The number of phenols is 1. The van der Waals surface area contributed by atoms with E-state index in [-0.39, 0.29) is 23.7 Å². The predicted molar refractivity (Wildman–Crippen MR) is 148 cm³/mol. The van der Waals surface area contributed by atoms with Gasteiger partial charge in [-0.2, -0.15) is 0 Å². The van der Waals surface area contributed by atoms with E-state index in [1.54, 1.807) is 42.6 Å². The van der Waals surface area contributed by atoms with Crippen molar-refractivity contribution in [2.24, 2.45) is 15.7 Å². The van der Waals surface area contributed by atoms with E-state index in [4.69, 9.17) is 16.5 Å². The molecule has 0 saturated carbocycles. The van der Waals surface area contributed by atoms with E-state index in [2.05, 4.69) is 17.2 Å². The molecule has 8 nitrogen and oxygen atoms in total. The quantitative estimate of drug-likeness (QED) is 0.261. The third kappa shape index (κ3) is 6.95. The lowest BCUT2D eigenvalue weighted by atomic mass is 9.96. The van der Waals surface area contributed by atoms with E-state index >= 15 is 0 Å². The van der Waals surface area contributed by atoms with Crippen LogP contribution < -0.4 is 16.8 Å². The number of nitrogens with two attached hydrogens (primary N) is 2. The lowest BCUT2D eigenvalue weighted by Gasteiger charge is -2.38. The number of likely N-dealkylation sites (tertiary alicyclic amines) is 1. The Hall–Kier alpha value is -3.65. The highest BCUT2D eigenvalue weighted by atomic mass is 16.3. The first kappa shape index (κ1) is 26.9. The van der Waals surface area contributed by atoms with E-state index < -0.39 is 0 Å². The Morgan fingerprint density at radius 1 is 1.25 bits per heavy atom. The van der Waals surface area contributed by atoms with Crippen LogP contribution in [0.1, 0.15) is 56.0 Å². The van der Waals surface area contributed by atoms with Crippen LogP contribution in [0, 0.1) is 6.92 Å². The van der Waals surface area contributed by atoms with Crippen molar-refractivity contribution in [3.8, 4) is 5.75 Å². The SMILES string of the molecule is CCC(=CN)C(CN[C@@H]1CCN(C(=O)c2ccc(N)c(C)c2)[C@H](C)C1)=NC(C)=Nc1ccc(O)cc1. The van der Waals surface area contributed by atoms with Crippen LogP contribution in [0.5, 0.6) is 5.75 Å². The number of aliphatic imine (C=N–C) groups is 2. The van der Waals surface area contributed by atoms with Gasteiger partial charge in [0.25, 0.3) is 5.91 Å². The molecule has 0 radical (unpaired) electrons. The molecule has 1 saturated heterocycles. The highest BCUT2D eigenvalue weighted by Crippen LogP contribution is 2.22. The Kier molecular flexibility index (Phi) is 9.25. The third-order valence-electron chi connectivity index (χ3n) is 6.60. The summed E-state index contributed by atoms with van der Waals surface area (Å²) >= 11 is 0. The lowest BCUT2D eigenvalue weighted by molar-refractivity contribution is 0.0605. The van der Waals surface area contributed by atoms with Gasteiger partial charge in [-0.15, -0.1) is 0 Å². The lowest BCUT2D eigenvalue weighted by Crippen LogP contribution is -2.50. The number of rotatable bonds is 7. The van der Waals surface area contributed by atoms with Gasteiger partial charge < -0.3 is 26.8 Å². The summed E-state index contributed by atoms with van der Waals surface area (Å²) in [6.07, 6.45) is 4.06. The number of amides is 1. The van der Waals surface area contributed by atoms with Crippen molar-refractivity contribution in [2.45, 2.75) is 59.0 Å². The number of benzene rings is 2. The summed E-state index contributed by atoms with van der Waals surface area (Å²) in [5.41, 5.74) is 16.6. The second-order valence-electron chi connectivity index (χ2n) is 9.30. The summed E-state index contributed by atoms with van der Waals surface area (Å²) in [7, 11) is 0. The number of aromatic hydroxyl groups is 1. The number of carbonyl (C=O) groups excluding carboxylic acids is 1. The molecule has 0 bridgehead atoms. The first-order chi connectivity index (χ1) is 17.2. The van der Waals surface area contributed by atoms with Gasteiger partial charge in [-0.3, -0.25) is 4.79 Å². The number of hydrogen-bond acceptors (Lipinski definition) is 6. The van der Waals surface area contributed by atoms with Gasteiger partial charge in [0.15, 0.2) is 0 Å². The summed E-state index contributed by atoms with van der Waals surface area (Å²) in [4.78, 5) is 24.3. The molecule has 6 N–H and O–H groups in total. The topological polar surface area (TPSA) is 129 Å². The zero-order valence-electron chi connectivity index (χ0n) is 21.7. The number of hydrogen-bond donors (Lipinski definition) is 4. The predicted octanol–water partition coefficient (Wildman–Crippen LogP) is 4.31. The monoisotopic (exact) mass is 490 g/mol. The molecule has 1 aliphatic rings. The first-order valence-corrected chi connectivity index (χ1v) is 12.4. The average molecular weight is 491 g/mol. The molecule has 1 aliphatic heterocycles. The Morgan fingerprint density at radius 3 is 2.58 bits per heavy atom. The van der Waals surface area contributed by atoms with Crippen molar-refractivity contribution in [3.05, 3.63) is 65.4 Å². The number of piperidine rings is 1. The fourth-order valence-corrected chi connectivity index (χ4v) is 4.45. The second-order valence-corrected chi connectivity index (χ2v) is 9.30. The normalized spacial score (nSPS) is 19.4. The summed E-state index contributed by atoms with van der Waals surface area (Å²) < 4.78 is 0. The van der Waals surface area contributed by atoms with Gasteiger partial charge >= 0.3 is 0 Å². The number of anilines is 1. The summed E-state index contributed by atoms with van der Waals surface area (Å²) in [5.74, 6) is 0.856. The number of nitrogens with zero attached hydrogens (tertiary/aromatic N) is 3. The molecule has 0 aromatic heterocycles. The molecule has 8 heteroatoms. The maximum atomic E-state index is 13.1. The van der Waals surface area contributed by atoms with E-state index in [9.17, 15) is 9.90 Å². The minimum Gasteiger partial charge on any atom is -0.508 e. The first-order valence-electron chi connectivity index (χ1n) is 12.4. The Balaban J connectivity index is 1.65. The summed E-state index contributed by atoms with van der Waals surface area (Å²) in [6.45, 7) is 9.15. The minimum atomic E-state index is 0.0479. The van der Waals surface area contributed by atoms with Crippen LogP contribution in [-0.4, -0.2) is 52.6 Å². The largest absolute Gasteiger partial charge is 0.508 e. The zero-order chi connectivity index (χ0) is 26.2. The molecular formula is C28H38N6O2. The zero-order valence-corrected chi connectivity index (χ0v) is 21.7. The molecule has 0 spiro atoms. The van der Waals surface area contributed by atoms with Gasteiger partial charge in [0, 0.05) is 36.4 Å². The smallest absolute Gasteiger partial charge is 0.254 e. The number of aryl methyl sites for hydroxylation is 1. The molecule has 2 aromatic carbocycles. The van der Waals surface area contributed by atoms with Crippen LogP contribution in [0.2, 0.25) is 0 Å². The molecule has 192 valence electrons. The summed E-state index contributed by atoms with van der Waals surface area (Å²) in [6, 6.07) is 12.5. The molecule has 1 amide bonds. The maximum absolute atomic E-state index is 13.1. The van der Waals surface area contributed by atoms with Crippen molar-refractivity contribution in [3.63, 3.8) is 0 Å². The third-order valence-corrected chi connectivity index (χ3v) is 6.60. The Bertz CT molecular complexity index is 1150. The van der Waals surface area contributed by atoms with Gasteiger partial charge in [0.05, 0.1) is 11.4 Å². The number of nitrogens with one attached hydrogen (secondary N) is 1. The molecule has 1 fully saturated rings. The van der Waals surface area contributed by atoms with Gasteiger partial charge in [0.2, 0.25) is 0 Å². The molecular weight excluding hydrogens is 452 g/mol. The number of amidine groups is 1. The Morgan fingerprint density at radius 2 is 1.97 bits per heavy atom. The Labute approximate surface area is 213 Å². The fraction of sp³-hybridized carbons (Fsp3) is 0.393. The van der Waals surface area contributed by atoms with Gasteiger partial charge in [-0.05, 0) is 99.8 Å². The van der Waals surface area contributed by atoms with Gasteiger partial charge in [-0.25, -0.2) is 9.98 Å². The number of phenolic OH excluding ortho intramolecular Hbond substituents is 1. The number of carbonyl (C=O) groups is 1. The number of nitrogen functional groups attached to an aromatic ring is 1. The maximum Gasteiger partial charge on any atom is 0.254 e. The highest BCUT2D eigenvalue weighted by molar-refractivity contribution is 6.08. The van der Waals surface area contributed by atoms with Crippen molar-refractivity contribution >= 4 is 28.8 Å².